The standard InChI is InChI=1S/C34H44BrN3O8/c1-3-4-16-37-17-10-6-9-15-25(40)36-24(21-44-2)28(22-13-7-5-8-14-22)45-33(43)26-27-31(41)38(18-11-12-19-39)30(32(37)42)34(27)20-23(35)29(26)46-34/h5-8,10,13-14,20,24,26-30,39H,3-4,9,11-12,15-19,21H2,1-2H3,(H,36,40)/b10-6-/t24-,26+,27-,28-,29+,30+,34-/m0/s1. The Morgan fingerprint density at radius 2 is 1.83 bits per heavy atom. The molecule has 4 aliphatic heterocycles. The van der Waals surface area contributed by atoms with E-state index >= 15 is 0 Å². The van der Waals surface area contributed by atoms with Gasteiger partial charge in [0.25, 0.3) is 0 Å². The molecule has 7 atom stereocenters. The highest BCUT2D eigenvalue weighted by Gasteiger charge is 2.74. The van der Waals surface area contributed by atoms with Gasteiger partial charge in [0.05, 0.1) is 18.6 Å². The summed E-state index contributed by atoms with van der Waals surface area (Å²) in [5, 5.41) is 12.5. The van der Waals surface area contributed by atoms with Crippen LogP contribution >= 0.6 is 15.9 Å². The Hall–Kier alpha value is -3.06. The molecule has 0 unspecified atom stereocenters. The van der Waals surface area contributed by atoms with Crippen LogP contribution in [0.15, 0.2) is 53.0 Å². The van der Waals surface area contributed by atoms with E-state index in [2.05, 4.69) is 21.2 Å². The predicted octanol–water partition coefficient (Wildman–Crippen LogP) is 3.03. The number of nitrogens with one attached hydrogen (secondary N) is 1. The second-order valence-electron chi connectivity index (χ2n) is 12.3. The second kappa shape index (κ2) is 15.2. The molecule has 2 fully saturated rings. The van der Waals surface area contributed by atoms with Crippen molar-refractivity contribution in [2.45, 2.75) is 75.3 Å². The molecule has 0 saturated carbocycles. The number of aliphatic hydroxyl groups is 1. The van der Waals surface area contributed by atoms with E-state index in [9.17, 15) is 24.3 Å². The number of hydrogen-bond donors (Lipinski definition) is 2. The van der Waals surface area contributed by atoms with Crippen molar-refractivity contribution in [1.29, 1.82) is 0 Å². The molecular weight excluding hydrogens is 658 g/mol. The van der Waals surface area contributed by atoms with Gasteiger partial charge in [-0.1, -0.05) is 71.8 Å². The van der Waals surface area contributed by atoms with Crippen LogP contribution in [0.4, 0.5) is 0 Å². The Bertz CT molecular complexity index is 1340. The van der Waals surface area contributed by atoms with Gasteiger partial charge in [0.15, 0.2) is 0 Å². The summed E-state index contributed by atoms with van der Waals surface area (Å²) in [4.78, 5) is 59.6. The van der Waals surface area contributed by atoms with Crippen molar-refractivity contribution in [1.82, 2.24) is 15.1 Å². The first kappa shape index (κ1) is 34.3. The van der Waals surface area contributed by atoms with Crippen molar-refractivity contribution in [3.63, 3.8) is 0 Å². The molecule has 2 N–H and O–H groups in total. The number of carbonyl (C=O) groups is 4. The third kappa shape index (κ3) is 6.67. The fourth-order valence-electron chi connectivity index (χ4n) is 7.14. The normalized spacial score (nSPS) is 32.3. The number of nitrogens with zero attached hydrogens (tertiary/aromatic N) is 2. The predicted molar refractivity (Wildman–Crippen MR) is 172 cm³/mol. The highest BCUT2D eigenvalue weighted by Crippen LogP contribution is 2.59. The largest absolute Gasteiger partial charge is 0.455 e. The molecule has 2 saturated heterocycles. The Morgan fingerprint density at radius 3 is 2.54 bits per heavy atom. The molecule has 5 bridgehead atoms. The van der Waals surface area contributed by atoms with Crippen LogP contribution in [-0.2, 0) is 33.4 Å². The summed E-state index contributed by atoms with van der Waals surface area (Å²) in [5.74, 6) is -3.50. The number of allylic oxidation sites excluding steroid dienone is 1. The molecular formula is C34H44BrN3O8. The number of aliphatic hydroxyl groups excluding tert-OH is 1. The molecule has 12 heteroatoms. The van der Waals surface area contributed by atoms with Gasteiger partial charge in [-0.3, -0.25) is 19.2 Å². The molecule has 0 aliphatic carbocycles. The lowest BCUT2D eigenvalue weighted by atomic mass is 9.74. The molecule has 5 rings (SSSR count). The maximum Gasteiger partial charge on any atom is 0.313 e. The average molecular weight is 703 g/mol. The van der Waals surface area contributed by atoms with Crippen LogP contribution in [0.5, 0.6) is 0 Å². The Labute approximate surface area is 278 Å². The van der Waals surface area contributed by atoms with Crippen molar-refractivity contribution in [2.24, 2.45) is 11.8 Å². The van der Waals surface area contributed by atoms with Gasteiger partial charge in [-0.15, -0.1) is 0 Å². The van der Waals surface area contributed by atoms with E-state index < -0.39 is 47.7 Å². The zero-order chi connectivity index (χ0) is 32.8. The summed E-state index contributed by atoms with van der Waals surface area (Å²) < 4.78 is 18.9. The molecule has 11 nitrogen and oxygen atoms in total. The SMILES string of the molecule is CCCCN1C/C=C\CCC(=O)N[C@@H](COC)[C@H](c2ccccc2)OC(=O)[C@H]2[C@@H]3O[C@@]4(C=C3Br)[C@@H]2C(=O)N(CCCCO)[C@@H]4C1=O. The van der Waals surface area contributed by atoms with Crippen molar-refractivity contribution < 1.29 is 38.5 Å². The minimum atomic E-state index is -1.37. The lowest BCUT2D eigenvalue weighted by Gasteiger charge is -2.36. The third-order valence-corrected chi connectivity index (χ3v) is 9.97. The number of unbranched alkanes of at least 4 members (excludes halogenated alkanes) is 2. The lowest BCUT2D eigenvalue weighted by Crippen LogP contribution is -2.56. The number of cyclic esters (lactones) is 1. The molecule has 1 aromatic carbocycles. The number of carbonyl (C=O) groups excluding carboxylic acids is 4. The monoisotopic (exact) mass is 701 g/mol. The van der Waals surface area contributed by atoms with E-state index in [0.29, 0.717) is 42.4 Å². The van der Waals surface area contributed by atoms with Crippen LogP contribution in [0.2, 0.25) is 0 Å². The molecule has 4 aliphatic rings. The summed E-state index contributed by atoms with van der Waals surface area (Å²) >= 11 is 3.59. The third-order valence-electron chi connectivity index (χ3n) is 9.29. The van der Waals surface area contributed by atoms with E-state index in [1.807, 2.05) is 49.4 Å². The summed E-state index contributed by atoms with van der Waals surface area (Å²) in [6.45, 7) is 3.11. The van der Waals surface area contributed by atoms with Crippen LogP contribution in [0, 0.1) is 11.8 Å². The van der Waals surface area contributed by atoms with E-state index in [4.69, 9.17) is 14.2 Å². The fourth-order valence-corrected chi connectivity index (χ4v) is 7.88. The maximum atomic E-state index is 14.5. The molecule has 4 heterocycles. The van der Waals surface area contributed by atoms with Gasteiger partial charge in [0.1, 0.15) is 29.8 Å². The number of rotatable bonds is 10. The lowest BCUT2D eigenvalue weighted by molar-refractivity contribution is -0.162. The summed E-state index contributed by atoms with van der Waals surface area (Å²) in [6.07, 6.45) is 7.06. The minimum absolute atomic E-state index is 0.0400. The molecule has 3 amide bonds. The maximum absolute atomic E-state index is 14.5. The van der Waals surface area contributed by atoms with Crippen LogP contribution < -0.4 is 5.32 Å². The van der Waals surface area contributed by atoms with E-state index in [1.165, 1.54) is 7.11 Å². The number of ether oxygens (including phenoxy) is 3. The fraction of sp³-hybridized carbons (Fsp3) is 0.588. The van der Waals surface area contributed by atoms with Gasteiger partial charge < -0.3 is 34.4 Å². The zero-order valence-corrected chi connectivity index (χ0v) is 28.0. The van der Waals surface area contributed by atoms with Gasteiger partial charge in [0.2, 0.25) is 17.7 Å². The molecule has 0 radical (unpaired) electrons. The quantitative estimate of drug-likeness (QED) is 0.216. The topological polar surface area (TPSA) is 135 Å². The molecule has 1 spiro atoms. The van der Waals surface area contributed by atoms with Crippen molar-refractivity contribution in [3.8, 4) is 0 Å². The highest BCUT2D eigenvalue weighted by atomic mass is 79.9. The number of likely N-dealkylation sites (tertiary alicyclic amines) is 1. The van der Waals surface area contributed by atoms with E-state index in [0.717, 1.165) is 12.8 Å². The summed E-state index contributed by atoms with van der Waals surface area (Å²) in [7, 11) is 1.51. The van der Waals surface area contributed by atoms with Crippen LogP contribution in [0.1, 0.15) is 57.1 Å². The number of fused-ring (bicyclic) bond motifs is 2. The molecule has 0 aromatic heterocycles. The zero-order valence-electron chi connectivity index (χ0n) is 26.4. The van der Waals surface area contributed by atoms with Crippen LogP contribution in [0.25, 0.3) is 0 Å². The first-order valence-corrected chi connectivity index (χ1v) is 17.0. The van der Waals surface area contributed by atoms with Gasteiger partial charge >= 0.3 is 5.97 Å². The van der Waals surface area contributed by atoms with Gasteiger partial charge in [-0.25, -0.2) is 0 Å². The smallest absolute Gasteiger partial charge is 0.313 e. The Morgan fingerprint density at radius 1 is 1.04 bits per heavy atom. The molecule has 1 aromatic rings. The van der Waals surface area contributed by atoms with Crippen molar-refractivity contribution in [2.75, 3.05) is 40.0 Å². The van der Waals surface area contributed by atoms with E-state index in [-0.39, 0.29) is 43.9 Å². The average Bonchev–Trinajstić information content (AvgIpc) is 3.64. The van der Waals surface area contributed by atoms with Gasteiger partial charge in [-0.2, -0.15) is 0 Å². The van der Waals surface area contributed by atoms with Crippen LogP contribution in [0.3, 0.4) is 0 Å². The first-order chi connectivity index (χ1) is 22.3. The number of hydrogen-bond acceptors (Lipinski definition) is 8. The number of halogens is 1. The number of methoxy groups -OCH3 is 1. The van der Waals surface area contributed by atoms with Crippen LogP contribution in [-0.4, -0.2) is 102 Å². The molecule has 250 valence electrons. The summed E-state index contributed by atoms with van der Waals surface area (Å²) in [6, 6.07) is 7.42. The summed E-state index contributed by atoms with van der Waals surface area (Å²) in [5.41, 5.74) is -0.710. The minimum Gasteiger partial charge on any atom is -0.455 e. The van der Waals surface area contributed by atoms with Crippen molar-refractivity contribution >= 4 is 39.6 Å². The Balaban J connectivity index is 1.60. The molecule has 46 heavy (non-hydrogen) atoms. The Kier molecular flexibility index (Phi) is 11.3. The number of esters is 1. The van der Waals surface area contributed by atoms with Gasteiger partial charge in [-0.05, 0) is 37.3 Å². The number of benzene rings is 1. The highest BCUT2D eigenvalue weighted by molar-refractivity contribution is 9.11. The van der Waals surface area contributed by atoms with E-state index in [1.54, 1.807) is 15.9 Å². The second-order valence-corrected chi connectivity index (χ2v) is 13.3. The number of amides is 3. The first-order valence-electron chi connectivity index (χ1n) is 16.2. The van der Waals surface area contributed by atoms with Gasteiger partial charge in [0, 0.05) is 44.3 Å². The van der Waals surface area contributed by atoms with Crippen molar-refractivity contribution in [3.05, 3.63) is 58.6 Å².